The minimum atomic E-state index is -0.837. The van der Waals surface area contributed by atoms with Crippen LogP contribution in [0, 0.1) is 17.6 Å². The number of thioether (sulfide) groups is 1. The van der Waals surface area contributed by atoms with Gasteiger partial charge in [-0.3, -0.25) is 0 Å². The molecule has 0 aromatic heterocycles. The van der Waals surface area contributed by atoms with Gasteiger partial charge in [0, 0.05) is 11.4 Å². The fourth-order valence-corrected chi connectivity index (χ4v) is 2.18. The minimum absolute atomic E-state index is 0.232. The van der Waals surface area contributed by atoms with Crippen LogP contribution in [0.1, 0.15) is 20.3 Å². The molecule has 1 unspecified atom stereocenters. The zero-order valence-corrected chi connectivity index (χ0v) is 9.70. The molecule has 1 atom stereocenters. The number of hydrogen-bond acceptors (Lipinski definition) is 2. The molecule has 0 bridgehead atoms. The van der Waals surface area contributed by atoms with Crippen LogP contribution < -0.4 is 5.73 Å². The summed E-state index contributed by atoms with van der Waals surface area (Å²) in [5.74, 6) is -0.447. The van der Waals surface area contributed by atoms with Crippen molar-refractivity contribution in [1.82, 2.24) is 0 Å². The van der Waals surface area contributed by atoms with Gasteiger partial charge in [0.15, 0.2) is 11.6 Å². The maximum absolute atomic E-state index is 13.3. The summed E-state index contributed by atoms with van der Waals surface area (Å²) in [5.41, 5.74) is 5.90. The van der Waals surface area contributed by atoms with Gasteiger partial charge in [0.1, 0.15) is 0 Å². The van der Waals surface area contributed by atoms with Crippen molar-refractivity contribution in [3.63, 3.8) is 0 Å². The Morgan fingerprint density at radius 2 is 2.07 bits per heavy atom. The highest BCUT2D eigenvalue weighted by Gasteiger charge is 2.13. The number of nitrogens with two attached hydrogens (primary N) is 1. The van der Waals surface area contributed by atoms with Crippen LogP contribution >= 0.6 is 11.8 Å². The molecule has 1 nitrogen and oxygen atoms in total. The number of nitrogen functional groups attached to an aromatic ring is 1. The van der Waals surface area contributed by atoms with Crippen molar-refractivity contribution in [2.75, 3.05) is 11.5 Å². The Balaban J connectivity index is 2.80. The summed E-state index contributed by atoms with van der Waals surface area (Å²) in [7, 11) is 0. The summed E-state index contributed by atoms with van der Waals surface area (Å²) in [6.45, 7) is 4.14. The quantitative estimate of drug-likeness (QED) is 0.632. The average Bonchev–Trinajstić information content (AvgIpc) is 2.23. The highest BCUT2D eigenvalue weighted by molar-refractivity contribution is 7.99. The molecule has 0 aliphatic carbocycles. The van der Waals surface area contributed by atoms with E-state index in [-0.39, 0.29) is 4.90 Å². The molecule has 4 heteroatoms. The standard InChI is InChI=1S/C11H15F2NS/c1-3-7(2)6-15-11-9(14)5-4-8(12)10(11)13/h4-5,7H,3,6,14H2,1-2H3. The Kier molecular flexibility index (Phi) is 4.39. The summed E-state index contributed by atoms with van der Waals surface area (Å²) >= 11 is 1.28. The second kappa shape index (κ2) is 5.35. The van der Waals surface area contributed by atoms with Crippen LogP contribution in [0.15, 0.2) is 17.0 Å². The van der Waals surface area contributed by atoms with Crippen molar-refractivity contribution in [2.45, 2.75) is 25.2 Å². The molecule has 0 amide bonds. The van der Waals surface area contributed by atoms with E-state index in [1.165, 1.54) is 17.8 Å². The topological polar surface area (TPSA) is 26.0 Å². The molecule has 1 aromatic rings. The number of hydrogen-bond donors (Lipinski definition) is 1. The van der Waals surface area contributed by atoms with E-state index in [1.54, 1.807) is 0 Å². The largest absolute Gasteiger partial charge is 0.398 e. The molecule has 0 aliphatic rings. The van der Waals surface area contributed by atoms with Crippen LogP contribution in [0.2, 0.25) is 0 Å². The Bertz CT molecular complexity index is 342. The zero-order chi connectivity index (χ0) is 11.4. The number of anilines is 1. The zero-order valence-electron chi connectivity index (χ0n) is 8.89. The van der Waals surface area contributed by atoms with E-state index in [0.717, 1.165) is 18.2 Å². The van der Waals surface area contributed by atoms with Crippen molar-refractivity contribution in [2.24, 2.45) is 5.92 Å². The average molecular weight is 231 g/mol. The summed E-state index contributed by atoms with van der Waals surface area (Å²) in [6, 6.07) is 2.45. The third-order valence-electron chi connectivity index (χ3n) is 2.29. The molecule has 0 saturated heterocycles. The lowest BCUT2D eigenvalue weighted by molar-refractivity contribution is 0.492. The normalized spacial score (nSPS) is 12.8. The molecule has 2 N–H and O–H groups in total. The predicted molar refractivity (Wildman–Crippen MR) is 60.9 cm³/mol. The van der Waals surface area contributed by atoms with Crippen molar-refractivity contribution in [3.05, 3.63) is 23.8 Å². The van der Waals surface area contributed by atoms with Crippen LogP contribution in [0.5, 0.6) is 0 Å². The SMILES string of the molecule is CCC(C)CSc1c(N)ccc(F)c1F. The fourth-order valence-electron chi connectivity index (χ4n) is 1.04. The van der Waals surface area contributed by atoms with Gasteiger partial charge < -0.3 is 5.73 Å². The molecule has 0 heterocycles. The molecule has 0 fully saturated rings. The van der Waals surface area contributed by atoms with E-state index in [2.05, 4.69) is 13.8 Å². The lowest BCUT2D eigenvalue weighted by Crippen LogP contribution is -2.00. The predicted octanol–water partition coefficient (Wildman–Crippen LogP) is 3.69. The smallest absolute Gasteiger partial charge is 0.174 e. The van der Waals surface area contributed by atoms with Crippen molar-refractivity contribution >= 4 is 17.4 Å². The Labute approximate surface area is 93.1 Å². The maximum Gasteiger partial charge on any atom is 0.174 e. The number of halogens is 2. The highest BCUT2D eigenvalue weighted by Crippen LogP contribution is 2.31. The van der Waals surface area contributed by atoms with Crippen molar-refractivity contribution in [1.29, 1.82) is 0 Å². The first kappa shape index (κ1) is 12.3. The molecular weight excluding hydrogens is 216 g/mol. The summed E-state index contributed by atoms with van der Waals surface area (Å²) in [4.78, 5) is 0.232. The van der Waals surface area contributed by atoms with Crippen LogP contribution in [0.3, 0.4) is 0 Å². The van der Waals surface area contributed by atoms with E-state index in [1.807, 2.05) is 0 Å². The lowest BCUT2D eigenvalue weighted by Gasteiger charge is -2.10. The second-order valence-electron chi connectivity index (χ2n) is 3.60. The van der Waals surface area contributed by atoms with Gasteiger partial charge in [0.2, 0.25) is 0 Å². The first-order chi connectivity index (χ1) is 7.06. The Hall–Kier alpha value is -0.770. The van der Waals surface area contributed by atoms with Crippen molar-refractivity contribution < 1.29 is 8.78 Å². The summed E-state index contributed by atoms with van der Waals surface area (Å²) < 4.78 is 26.3. The summed E-state index contributed by atoms with van der Waals surface area (Å²) in [6.07, 6.45) is 1.02. The van der Waals surface area contributed by atoms with E-state index >= 15 is 0 Å². The third kappa shape index (κ3) is 3.09. The van der Waals surface area contributed by atoms with Gasteiger partial charge in [-0.25, -0.2) is 8.78 Å². The van der Waals surface area contributed by atoms with Gasteiger partial charge in [-0.2, -0.15) is 0 Å². The maximum atomic E-state index is 13.3. The van der Waals surface area contributed by atoms with E-state index in [4.69, 9.17) is 5.73 Å². The van der Waals surface area contributed by atoms with Crippen LogP contribution in [0.25, 0.3) is 0 Å². The molecule has 0 spiro atoms. The molecule has 1 aromatic carbocycles. The van der Waals surface area contributed by atoms with Crippen LogP contribution in [0.4, 0.5) is 14.5 Å². The van der Waals surface area contributed by atoms with E-state index < -0.39 is 11.6 Å². The van der Waals surface area contributed by atoms with Crippen molar-refractivity contribution in [3.8, 4) is 0 Å². The monoisotopic (exact) mass is 231 g/mol. The van der Waals surface area contributed by atoms with E-state index in [0.29, 0.717) is 11.6 Å². The number of rotatable bonds is 4. The van der Waals surface area contributed by atoms with Gasteiger partial charge in [-0.05, 0) is 18.1 Å². The molecule has 0 saturated carbocycles. The van der Waals surface area contributed by atoms with Gasteiger partial charge in [0.05, 0.1) is 4.90 Å². The number of benzene rings is 1. The fraction of sp³-hybridized carbons (Fsp3) is 0.455. The van der Waals surface area contributed by atoms with Gasteiger partial charge in [-0.15, -0.1) is 11.8 Å². The van der Waals surface area contributed by atoms with Gasteiger partial charge in [0.25, 0.3) is 0 Å². The van der Waals surface area contributed by atoms with Crippen LogP contribution in [-0.2, 0) is 0 Å². The van der Waals surface area contributed by atoms with E-state index in [9.17, 15) is 8.78 Å². The Morgan fingerprint density at radius 1 is 1.40 bits per heavy atom. The van der Waals surface area contributed by atoms with Gasteiger partial charge >= 0.3 is 0 Å². The molecular formula is C11H15F2NS. The summed E-state index contributed by atoms with van der Waals surface area (Å²) in [5, 5.41) is 0. The molecule has 15 heavy (non-hydrogen) atoms. The van der Waals surface area contributed by atoms with Gasteiger partial charge in [-0.1, -0.05) is 20.3 Å². The molecule has 84 valence electrons. The first-order valence-electron chi connectivity index (χ1n) is 4.92. The van der Waals surface area contributed by atoms with Crippen LogP contribution in [-0.4, -0.2) is 5.75 Å². The lowest BCUT2D eigenvalue weighted by atomic mass is 10.2. The Morgan fingerprint density at radius 3 is 2.67 bits per heavy atom. The third-order valence-corrected chi connectivity index (χ3v) is 3.73. The second-order valence-corrected chi connectivity index (χ2v) is 4.63. The molecule has 0 radical (unpaired) electrons. The molecule has 0 aliphatic heterocycles. The highest BCUT2D eigenvalue weighted by atomic mass is 32.2. The first-order valence-corrected chi connectivity index (χ1v) is 5.91. The molecule has 1 rings (SSSR count). The minimum Gasteiger partial charge on any atom is -0.398 e.